The van der Waals surface area contributed by atoms with Gasteiger partial charge in [0.2, 0.25) is 11.8 Å². The highest BCUT2D eigenvalue weighted by Gasteiger charge is 2.48. The number of rotatable bonds is 3. The molecular weight excluding hydrogens is 266 g/mol. The van der Waals surface area contributed by atoms with Gasteiger partial charge in [-0.25, -0.2) is 0 Å². The lowest BCUT2D eigenvalue weighted by molar-refractivity contribution is -0.122. The van der Waals surface area contributed by atoms with Gasteiger partial charge in [-0.05, 0) is 43.9 Å². The van der Waals surface area contributed by atoms with Gasteiger partial charge in [0, 0.05) is 6.61 Å². The highest BCUT2D eigenvalue weighted by Crippen LogP contribution is 2.39. The number of imide groups is 1. The highest BCUT2D eigenvalue weighted by molar-refractivity contribution is 6.22. The molecule has 110 valence electrons. The van der Waals surface area contributed by atoms with Crippen LogP contribution in [0.5, 0.6) is 0 Å². The zero-order valence-electron chi connectivity index (χ0n) is 12.1. The van der Waals surface area contributed by atoms with E-state index in [1.807, 2.05) is 19.1 Å². The van der Waals surface area contributed by atoms with E-state index in [4.69, 9.17) is 5.11 Å². The van der Waals surface area contributed by atoms with Gasteiger partial charge in [-0.3, -0.25) is 14.5 Å². The molecule has 0 aromatic heterocycles. The van der Waals surface area contributed by atoms with Gasteiger partial charge in [-0.1, -0.05) is 23.8 Å². The van der Waals surface area contributed by atoms with Crippen molar-refractivity contribution in [3.05, 3.63) is 41.5 Å². The SMILES string of the molecule is CC1=CCC2C(=O)N(c3ccc(CCO)cc3)C(=O)C2C1. The van der Waals surface area contributed by atoms with Crippen LogP contribution in [0.2, 0.25) is 0 Å². The van der Waals surface area contributed by atoms with Gasteiger partial charge in [0.15, 0.2) is 0 Å². The van der Waals surface area contributed by atoms with E-state index < -0.39 is 0 Å². The fourth-order valence-corrected chi connectivity index (χ4v) is 3.23. The highest BCUT2D eigenvalue weighted by atomic mass is 16.3. The van der Waals surface area contributed by atoms with Gasteiger partial charge in [0.1, 0.15) is 0 Å². The molecule has 0 spiro atoms. The first-order valence-corrected chi connectivity index (χ1v) is 7.35. The number of fused-ring (bicyclic) bond motifs is 1. The Balaban J connectivity index is 1.86. The van der Waals surface area contributed by atoms with Crippen LogP contribution in [-0.4, -0.2) is 23.5 Å². The van der Waals surface area contributed by atoms with Gasteiger partial charge >= 0.3 is 0 Å². The zero-order chi connectivity index (χ0) is 15.0. The lowest BCUT2D eigenvalue weighted by Gasteiger charge is -2.18. The molecule has 0 radical (unpaired) electrons. The van der Waals surface area contributed by atoms with E-state index in [2.05, 4.69) is 6.08 Å². The normalized spacial score (nSPS) is 25.0. The molecule has 1 saturated heterocycles. The standard InChI is InChI=1S/C17H19NO3/c1-11-2-7-14-15(10-11)17(21)18(16(14)20)13-5-3-12(4-6-13)8-9-19/h2-6,14-15,19H,7-10H2,1H3. The number of hydrogen-bond donors (Lipinski definition) is 1. The first kappa shape index (κ1) is 14.0. The largest absolute Gasteiger partial charge is 0.396 e. The zero-order valence-corrected chi connectivity index (χ0v) is 12.1. The van der Waals surface area contributed by atoms with Crippen LogP contribution >= 0.6 is 0 Å². The number of benzene rings is 1. The third kappa shape index (κ3) is 2.40. The number of amides is 2. The van der Waals surface area contributed by atoms with Crippen molar-refractivity contribution in [2.45, 2.75) is 26.2 Å². The van der Waals surface area contributed by atoms with Crippen molar-refractivity contribution >= 4 is 17.5 Å². The number of allylic oxidation sites excluding steroid dienone is 2. The molecule has 1 N–H and O–H groups in total. The second-order valence-electron chi connectivity index (χ2n) is 5.86. The van der Waals surface area contributed by atoms with Crippen LogP contribution in [0.4, 0.5) is 5.69 Å². The molecule has 0 saturated carbocycles. The lowest BCUT2D eigenvalue weighted by atomic mass is 9.82. The van der Waals surface area contributed by atoms with Crippen molar-refractivity contribution in [2.24, 2.45) is 11.8 Å². The number of hydrogen-bond acceptors (Lipinski definition) is 3. The second-order valence-corrected chi connectivity index (χ2v) is 5.86. The lowest BCUT2D eigenvalue weighted by Crippen LogP contribution is -2.30. The molecule has 1 aromatic carbocycles. The molecule has 21 heavy (non-hydrogen) atoms. The minimum absolute atomic E-state index is 0.0765. The first-order chi connectivity index (χ1) is 10.1. The summed E-state index contributed by atoms with van der Waals surface area (Å²) in [6.07, 6.45) is 4.01. The Morgan fingerprint density at radius 2 is 1.81 bits per heavy atom. The van der Waals surface area contributed by atoms with Crippen LogP contribution in [0.3, 0.4) is 0 Å². The monoisotopic (exact) mass is 285 g/mol. The van der Waals surface area contributed by atoms with Crippen molar-refractivity contribution in [2.75, 3.05) is 11.5 Å². The molecule has 0 bridgehead atoms. The molecule has 1 heterocycles. The maximum atomic E-state index is 12.5. The predicted octanol–water partition coefficient (Wildman–Crippen LogP) is 2.07. The van der Waals surface area contributed by atoms with Crippen molar-refractivity contribution in [3.63, 3.8) is 0 Å². The van der Waals surface area contributed by atoms with Crippen LogP contribution in [0.1, 0.15) is 25.3 Å². The number of carbonyl (C=O) groups is 2. The Morgan fingerprint density at radius 3 is 2.48 bits per heavy atom. The minimum atomic E-state index is -0.196. The number of anilines is 1. The van der Waals surface area contributed by atoms with E-state index in [1.165, 1.54) is 10.5 Å². The quantitative estimate of drug-likeness (QED) is 0.683. The molecule has 4 nitrogen and oxygen atoms in total. The smallest absolute Gasteiger partial charge is 0.238 e. The maximum Gasteiger partial charge on any atom is 0.238 e. The van der Waals surface area contributed by atoms with Crippen molar-refractivity contribution in [1.29, 1.82) is 0 Å². The van der Waals surface area contributed by atoms with Crippen LogP contribution in [0.15, 0.2) is 35.9 Å². The summed E-state index contributed by atoms with van der Waals surface area (Å²) in [7, 11) is 0. The Labute approximate surface area is 124 Å². The van der Waals surface area contributed by atoms with E-state index in [1.54, 1.807) is 12.1 Å². The van der Waals surface area contributed by atoms with Gasteiger partial charge in [0.25, 0.3) is 0 Å². The number of aliphatic hydroxyl groups is 1. The van der Waals surface area contributed by atoms with E-state index >= 15 is 0 Å². The number of nitrogens with zero attached hydrogens (tertiary/aromatic N) is 1. The molecule has 1 aliphatic carbocycles. The van der Waals surface area contributed by atoms with E-state index in [-0.39, 0.29) is 30.3 Å². The van der Waals surface area contributed by atoms with Crippen LogP contribution in [-0.2, 0) is 16.0 Å². The third-order valence-corrected chi connectivity index (χ3v) is 4.42. The predicted molar refractivity (Wildman–Crippen MR) is 79.7 cm³/mol. The van der Waals surface area contributed by atoms with E-state index in [9.17, 15) is 9.59 Å². The molecule has 2 amide bonds. The maximum absolute atomic E-state index is 12.5. The van der Waals surface area contributed by atoms with Crippen molar-refractivity contribution in [3.8, 4) is 0 Å². The summed E-state index contributed by atoms with van der Waals surface area (Å²) >= 11 is 0. The van der Waals surface area contributed by atoms with Crippen LogP contribution < -0.4 is 4.90 Å². The first-order valence-electron chi connectivity index (χ1n) is 7.35. The average Bonchev–Trinajstić information content (AvgIpc) is 2.72. The topological polar surface area (TPSA) is 57.6 Å². The summed E-state index contributed by atoms with van der Waals surface area (Å²) in [6, 6.07) is 7.30. The van der Waals surface area contributed by atoms with Gasteiger partial charge < -0.3 is 5.11 Å². The average molecular weight is 285 g/mol. The molecule has 3 rings (SSSR count). The van der Waals surface area contributed by atoms with Crippen molar-refractivity contribution < 1.29 is 14.7 Å². The molecule has 2 unspecified atom stereocenters. The van der Waals surface area contributed by atoms with Gasteiger partial charge in [-0.2, -0.15) is 0 Å². The van der Waals surface area contributed by atoms with Crippen LogP contribution in [0.25, 0.3) is 0 Å². The summed E-state index contributed by atoms with van der Waals surface area (Å²) in [5.74, 6) is -0.547. The molecule has 1 fully saturated rings. The van der Waals surface area contributed by atoms with Gasteiger partial charge in [0.05, 0.1) is 17.5 Å². The molecular formula is C17H19NO3. The van der Waals surface area contributed by atoms with Crippen molar-refractivity contribution in [1.82, 2.24) is 0 Å². The Hall–Kier alpha value is -1.94. The second kappa shape index (κ2) is 5.45. The minimum Gasteiger partial charge on any atom is -0.396 e. The summed E-state index contributed by atoms with van der Waals surface area (Å²) in [6.45, 7) is 2.11. The number of aliphatic hydroxyl groups excluding tert-OH is 1. The molecule has 2 atom stereocenters. The Bertz CT molecular complexity index is 603. The molecule has 1 aromatic rings. The van der Waals surface area contributed by atoms with E-state index in [0.29, 0.717) is 24.9 Å². The Morgan fingerprint density at radius 1 is 1.14 bits per heavy atom. The van der Waals surface area contributed by atoms with Gasteiger partial charge in [-0.15, -0.1) is 0 Å². The molecule has 4 heteroatoms. The third-order valence-electron chi connectivity index (χ3n) is 4.42. The molecule has 1 aliphatic heterocycles. The summed E-state index contributed by atoms with van der Waals surface area (Å²) in [5, 5.41) is 8.93. The summed E-state index contributed by atoms with van der Waals surface area (Å²) < 4.78 is 0. The molecule has 2 aliphatic rings. The summed E-state index contributed by atoms with van der Waals surface area (Å²) in [5.41, 5.74) is 2.83. The Kier molecular flexibility index (Phi) is 3.64. The van der Waals surface area contributed by atoms with Crippen LogP contribution in [0, 0.1) is 11.8 Å². The fourth-order valence-electron chi connectivity index (χ4n) is 3.23. The summed E-state index contributed by atoms with van der Waals surface area (Å²) in [4.78, 5) is 26.4. The number of carbonyl (C=O) groups excluding carboxylic acids is 2. The van der Waals surface area contributed by atoms with E-state index in [0.717, 1.165) is 5.56 Å². The fraction of sp³-hybridized carbons (Fsp3) is 0.412.